The molecule has 2 amide bonds. The molecule has 2 heterocycles. The van der Waals surface area contributed by atoms with Crippen LogP contribution in [-0.2, 0) is 26.2 Å². The van der Waals surface area contributed by atoms with Crippen LogP contribution in [0.4, 0.5) is 5.69 Å². The first-order valence-corrected chi connectivity index (χ1v) is 13.6. The number of carbonyl (C=O) groups is 2. The number of benzene rings is 1. The molecule has 10 heteroatoms. The zero-order valence-corrected chi connectivity index (χ0v) is 20.6. The van der Waals surface area contributed by atoms with Gasteiger partial charge in [-0.1, -0.05) is 12.1 Å². The molecule has 0 radical (unpaired) electrons. The molecule has 0 spiro atoms. The lowest BCUT2D eigenvalue weighted by molar-refractivity contribution is -0.126. The van der Waals surface area contributed by atoms with E-state index in [4.69, 9.17) is 0 Å². The number of piperazine rings is 1. The van der Waals surface area contributed by atoms with Gasteiger partial charge in [0.1, 0.15) is 0 Å². The molecule has 2 fully saturated rings. The first kappa shape index (κ1) is 25.5. The first-order chi connectivity index (χ1) is 15.7. The van der Waals surface area contributed by atoms with Crippen LogP contribution in [0.2, 0.25) is 0 Å². The number of carbonyl (C=O) groups excluding carboxylic acids is 2. The molecule has 0 aliphatic carbocycles. The lowest BCUT2D eigenvalue weighted by Crippen LogP contribution is -2.44. The summed E-state index contributed by atoms with van der Waals surface area (Å²) in [5, 5.41) is 5.82. The summed E-state index contributed by atoms with van der Waals surface area (Å²) in [6, 6.07) is 8.31. The van der Waals surface area contributed by atoms with Gasteiger partial charge in [0, 0.05) is 70.4 Å². The SMILES string of the molecule is CN1CCN(c2ccc(CNC(=O)C3CCCN(S(C)(=O)=O)CCC(=O)NCC3)cc2)CC1. The molecule has 33 heavy (non-hydrogen) atoms. The van der Waals surface area contributed by atoms with Crippen molar-refractivity contribution in [2.45, 2.75) is 32.2 Å². The zero-order chi connectivity index (χ0) is 23.8. The van der Waals surface area contributed by atoms with E-state index in [0.29, 0.717) is 38.9 Å². The van der Waals surface area contributed by atoms with Gasteiger partial charge in [-0.05, 0) is 44.0 Å². The summed E-state index contributed by atoms with van der Waals surface area (Å²) >= 11 is 0. The highest BCUT2D eigenvalue weighted by Gasteiger charge is 2.23. The number of nitrogens with one attached hydrogen (secondary N) is 2. The van der Waals surface area contributed by atoms with Crippen LogP contribution in [0.25, 0.3) is 0 Å². The quantitative estimate of drug-likeness (QED) is 0.642. The Kier molecular flexibility index (Phi) is 9.10. The molecule has 9 nitrogen and oxygen atoms in total. The van der Waals surface area contributed by atoms with Gasteiger partial charge in [-0.2, -0.15) is 0 Å². The summed E-state index contributed by atoms with van der Waals surface area (Å²) in [5.41, 5.74) is 2.24. The number of rotatable bonds is 5. The summed E-state index contributed by atoms with van der Waals surface area (Å²) in [6.07, 6.45) is 2.99. The Hall–Kier alpha value is -2.17. The second-order valence-corrected chi connectivity index (χ2v) is 11.0. The standard InChI is InChI=1S/C23H37N5O4S/c1-26-14-16-27(17-15-26)21-7-5-19(6-8-21)18-25-23(30)20-4-3-12-28(33(2,31)32)13-10-22(29)24-11-9-20/h5-8,20H,3-4,9-18H2,1-2H3,(H,24,29)(H,25,30). The van der Waals surface area contributed by atoms with Crippen LogP contribution in [0.3, 0.4) is 0 Å². The van der Waals surface area contributed by atoms with Crippen LogP contribution in [0.1, 0.15) is 31.2 Å². The number of likely N-dealkylation sites (N-methyl/N-ethyl adjacent to an activating group) is 1. The highest BCUT2D eigenvalue weighted by molar-refractivity contribution is 7.88. The van der Waals surface area contributed by atoms with Crippen molar-refractivity contribution in [2.75, 3.05) is 64.0 Å². The Balaban J connectivity index is 1.53. The van der Waals surface area contributed by atoms with Gasteiger partial charge in [-0.3, -0.25) is 9.59 Å². The summed E-state index contributed by atoms with van der Waals surface area (Å²) in [5.74, 6) is -0.517. The molecule has 1 aromatic carbocycles. The van der Waals surface area contributed by atoms with Crippen molar-refractivity contribution in [1.29, 1.82) is 0 Å². The Morgan fingerprint density at radius 3 is 2.42 bits per heavy atom. The van der Waals surface area contributed by atoms with Gasteiger partial charge in [0.15, 0.2) is 0 Å². The van der Waals surface area contributed by atoms with E-state index >= 15 is 0 Å². The topological polar surface area (TPSA) is 102 Å². The second-order valence-electron chi connectivity index (χ2n) is 9.06. The van der Waals surface area contributed by atoms with Crippen LogP contribution in [0, 0.1) is 5.92 Å². The fourth-order valence-electron chi connectivity index (χ4n) is 4.29. The van der Waals surface area contributed by atoms with E-state index in [9.17, 15) is 18.0 Å². The van der Waals surface area contributed by atoms with Crippen molar-refractivity contribution in [3.05, 3.63) is 29.8 Å². The summed E-state index contributed by atoms with van der Waals surface area (Å²) in [4.78, 5) is 29.5. The van der Waals surface area contributed by atoms with Crippen molar-refractivity contribution < 1.29 is 18.0 Å². The van der Waals surface area contributed by atoms with Gasteiger partial charge in [0.25, 0.3) is 0 Å². The molecular formula is C23H37N5O4S. The maximum atomic E-state index is 12.9. The normalized spacial score (nSPS) is 22.3. The highest BCUT2D eigenvalue weighted by atomic mass is 32.2. The van der Waals surface area contributed by atoms with Crippen LogP contribution in [-0.4, -0.2) is 88.6 Å². The monoisotopic (exact) mass is 479 g/mol. The maximum absolute atomic E-state index is 12.9. The second kappa shape index (κ2) is 11.8. The van der Waals surface area contributed by atoms with Gasteiger partial charge in [0.05, 0.1) is 6.26 Å². The van der Waals surface area contributed by atoms with E-state index in [1.807, 2.05) is 0 Å². The van der Waals surface area contributed by atoms with Crippen molar-refractivity contribution in [3.8, 4) is 0 Å². The molecule has 2 saturated heterocycles. The zero-order valence-electron chi connectivity index (χ0n) is 19.8. The molecule has 0 saturated carbocycles. The van der Waals surface area contributed by atoms with Crippen molar-refractivity contribution in [3.63, 3.8) is 0 Å². The number of amides is 2. The van der Waals surface area contributed by atoms with Crippen molar-refractivity contribution in [2.24, 2.45) is 5.92 Å². The van der Waals surface area contributed by atoms with E-state index in [1.54, 1.807) is 0 Å². The molecule has 1 atom stereocenters. The predicted molar refractivity (Wildman–Crippen MR) is 129 cm³/mol. The van der Waals surface area contributed by atoms with Crippen LogP contribution < -0.4 is 15.5 Å². The third-order valence-electron chi connectivity index (χ3n) is 6.47. The van der Waals surface area contributed by atoms with Gasteiger partial charge in [0.2, 0.25) is 21.8 Å². The van der Waals surface area contributed by atoms with Crippen LogP contribution in [0.15, 0.2) is 24.3 Å². The lowest BCUT2D eigenvalue weighted by atomic mass is 9.98. The van der Waals surface area contributed by atoms with Gasteiger partial charge in [-0.25, -0.2) is 12.7 Å². The molecular weight excluding hydrogens is 442 g/mol. The summed E-state index contributed by atoms with van der Waals surface area (Å²) < 4.78 is 25.3. The smallest absolute Gasteiger partial charge is 0.223 e. The number of hydrogen-bond acceptors (Lipinski definition) is 6. The third kappa shape index (κ3) is 7.97. The van der Waals surface area contributed by atoms with Gasteiger partial charge < -0.3 is 20.4 Å². The lowest BCUT2D eigenvalue weighted by Gasteiger charge is -2.34. The number of anilines is 1. The van der Waals surface area contributed by atoms with E-state index in [2.05, 4.69) is 51.7 Å². The Morgan fingerprint density at radius 1 is 1.06 bits per heavy atom. The van der Waals surface area contributed by atoms with Crippen LogP contribution in [0.5, 0.6) is 0 Å². The molecule has 3 rings (SSSR count). The fourth-order valence-corrected chi connectivity index (χ4v) is 5.17. The molecule has 0 bridgehead atoms. The fraction of sp³-hybridized carbons (Fsp3) is 0.652. The first-order valence-electron chi connectivity index (χ1n) is 11.7. The molecule has 2 aliphatic heterocycles. The average Bonchev–Trinajstić information content (AvgIpc) is 2.82. The minimum absolute atomic E-state index is 0.0578. The van der Waals surface area contributed by atoms with E-state index in [0.717, 1.165) is 38.0 Å². The average molecular weight is 480 g/mol. The third-order valence-corrected chi connectivity index (χ3v) is 7.78. The minimum atomic E-state index is -3.38. The maximum Gasteiger partial charge on any atom is 0.223 e. The van der Waals surface area contributed by atoms with Gasteiger partial charge in [-0.15, -0.1) is 0 Å². The Labute approximate surface area is 197 Å². The predicted octanol–water partition coefficient (Wildman–Crippen LogP) is 0.623. The summed E-state index contributed by atoms with van der Waals surface area (Å²) in [6.45, 7) is 5.50. The molecule has 2 N–H and O–H groups in total. The number of nitrogens with zero attached hydrogens (tertiary/aromatic N) is 3. The van der Waals surface area contributed by atoms with Crippen LogP contribution >= 0.6 is 0 Å². The Morgan fingerprint density at radius 2 is 1.76 bits per heavy atom. The molecule has 2 aliphatic rings. The van der Waals surface area contributed by atoms with E-state index in [1.165, 1.54) is 9.99 Å². The van der Waals surface area contributed by atoms with E-state index in [-0.39, 0.29) is 30.7 Å². The van der Waals surface area contributed by atoms with Crippen molar-refractivity contribution >= 4 is 27.5 Å². The largest absolute Gasteiger partial charge is 0.369 e. The number of hydrogen-bond donors (Lipinski definition) is 2. The van der Waals surface area contributed by atoms with E-state index < -0.39 is 10.0 Å². The number of sulfonamides is 1. The molecule has 1 aromatic rings. The van der Waals surface area contributed by atoms with Gasteiger partial charge >= 0.3 is 0 Å². The summed E-state index contributed by atoms with van der Waals surface area (Å²) in [7, 11) is -1.24. The highest BCUT2D eigenvalue weighted by Crippen LogP contribution is 2.18. The molecule has 1 unspecified atom stereocenters. The molecule has 0 aromatic heterocycles. The Bertz CT molecular complexity index is 898. The minimum Gasteiger partial charge on any atom is -0.369 e. The molecule has 184 valence electrons. The van der Waals surface area contributed by atoms with Crippen molar-refractivity contribution in [1.82, 2.24) is 19.8 Å².